The molecule has 0 aliphatic rings. The molecule has 0 aliphatic heterocycles. The Morgan fingerprint density at radius 1 is 1.12 bits per heavy atom. The average molecular weight is 238 g/mol. The molecule has 1 rings (SSSR count). The van der Waals surface area contributed by atoms with Gasteiger partial charge in [-0.25, -0.2) is 4.31 Å². The summed E-state index contributed by atoms with van der Waals surface area (Å²) in [7, 11) is 4.17. The van der Waals surface area contributed by atoms with Crippen LogP contribution >= 0.6 is 12.8 Å². The van der Waals surface area contributed by atoms with Gasteiger partial charge in [-0.15, -0.1) is 0 Å². The van der Waals surface area contributed by atoms with E-state index in [2.05, 4.69) is 67.3 Å². The molecule has 0 aliphatic carbocycles. The number of thiol groups is 1. The van der Waals surface area contributed by atoms with Crippen molar-refractivity contribution < 1.29 is 0 Å². The van der Waals surface area contributed by atoms with E-state index < -0.39 is 0 Å². The van der Waals surface area contributed by atoms with Gasteiger partial charge in [0.2, 0.25) is 0 Å². The van der Waals surface area contributed by atoms with Gasteiger partial charge in [0.25, 0.3) is 0 Å². The van der Waals surface area contributed by atoms with Gasteiger partial charge in [0.15, 0.2) is 0 Å². The summed E-state index contributed by atoms with van der Waals surface area (Å²) in [6.07, 6.45) is 1.10. The maximum absolute atomic E-state index is 4.49. The molecule has 0 saturated heterocycles. The highest BCUT2D eigenvalue weighted by molar-refractivity contribution is 7.77. The molecule has 0 spiro atoms. The van der Waals surface area contributed by atoms with E-state index in [1.54, 1.807) is 0 Å². The minimum absolute atomic E-state index is 0.908. The van der Waals surface area contributed by atoms with Crippen LogP contribution in [0.2, 0.25) is 0 Å². The van der Waals surface area contributed by atoms with Gasteiger partial charge >= 0.3 is 0 Å². The topological polar surface area (TPSA) is 6.48 Å². The lowest BCUT2D eigenvalue weighted by atomic mass is 10.1. The predicted molar refractivity (Wildman–Crippen MR) is 73.8 cm³/mol. The SMILES string of the molecule is CCc1cccc(CN(S)CCN(C)C)c1. The molecule has 16 heavy (non-hydrogen) atoms. The Morgan fingerprint density at radius 3 is 2.44 bits per heavy atom. The van der Waals surface area contributed by atoms with Crippen LogP contribution in [0.3, 0.4) is 0 Å². The number of likely N-dealkylation sites (N-methyl/N-ethyl adjacent to an activating group) is 1. The highest BCUT2D eigenvalue weighted by atomic mass is 32.1. The minimum atomic E-state index is 0.908. The quantitative estimate of drug-likeness (QED) is 0.761. The van der Waals surface area contributed by atoms with E-state index in [1.807, 2.05) is 0 Å². The Labute approximate surface area is 105 Å². The third kappa shape index (κ3) is 5.01. The number of rotatable bonds is 6. The second kappa shape index (κ2) is 6.94. The number of nitrogens with zero attached hydrogens (tertiary/aromatic N) is 2. The maximum atomic E-state index is 4.49. The van der Waals surface area contributed by atoms with Crippen LogP contribution in [0.4, 0.5) is 0 Å². The van der Waals surface area contributed by atoms with Crippen molar-refractivity contribution >= 4 is 12.8 Å². The molecule has 0 aromatic heterocycles. The Kier molecular flexibility index (Phi) is 5.88. The highest BCUT2D eigenvalue weighted by Crippen LogP contribution is 2.10. The smallest absolute Gasteiger partial charge is 0.0339 e. The first-order chi connectivity index (χ1) is 7.61. The lowest BCUT2D eigenvalue weighted by Crippen LogP contribution is -2.25. The van der Waals surface area contributed by atoms with Gasteiger partial charge in [-0.2, -0.15) is 0 Å². The summed E-state index contributed by atoms with van der Waals surface area (Å²) < 4.78 is 2.06. The molecule has 1 aromatic rings. The molecule has 2 nitrogen and oxygen atoms in total. The third-order valence-corrected chi connectivity index (χ3v) is 2.91. The van der Waals surface area contributed by atoms with E-state index in [0.717, 1.165) is 26.1 Å². The van der Waals surface area contributed by atoms with E-state index in [-0.39, 0.29) is 0 Å². The van der Waals surface area contributed by atoms with Gasteiger partial charge in [0.1, 0.15) is 0 Å². The molecule has 1 aromatic carbocycles. The number of benzene rings is 1. The lowest BCUT2D eigenvalue weighted by molar-refractivity contribution is 0.350. The van der Waals surface area contributed by atoms with Crippen molar-refractivity contribution in [3.05, 3.63) is 35.4 Å². The van der Waals surface area contributed by atoms with Crippen molar-refractivity contribution in [2.24, 2.45) is 0 Å². The standard InChI is InChI=1S/C13H22N2S/c1-4-12-6-5-7-13(10-12)11-15(16)9-8-14(2)3/h5-7,10,16H,4,8-9,11H2,1-3H3. The third-order valence-electron chi connectivity index (χ3n) is 2.57. The van der Waals surface area contributed by atoms with Crippen molar-refractivity contribution in [1.82, 2.24) is 9.21 Å². The Morgan fingerprint density at radius 2 is 1.81 bits per heavy atom. The van der Waals surface area contributed by atoms with Crippen molar-refractivity contribution in [2.45, 2.75) is 19.9 Å². The molecule has 0 bridgehead atoms. The average Bonchev–Trinajstić information content (AvgIpc) is 2.26. The zero-order valence-corrected chi connectivity index (χ0v) is 11.4. The van der Waals surface area contributed by atoms with Crippen LogP contribution in [-0.2, 0) is 13.0 Å². The summed E-state index contributed by atoms with van der Waals surface area (Å²) in [5.41, 5.74) is 2.74. The van der Waals surface area contributed by atoms with Crippen molar-refractivity contribution in [3.63, 3.8) is 0 Å². The molecular weight excluding hydrogens is 216 g/mol. The largest absolute Gasteiger partial charge is 0.308 e. The summed E-state index contributed by atoms with van der Waals surface area (Å²) in [6.45, 7) is 5.11. The predicted octanol–water partition coefficient (Wildman–Crippen LogP) is 2.46. The monoisotopic (exact) mass is 238 g/mol. The number of hydrogen-bond donors (Lipinski definition) is 1. The fourth-order valence-corrected chi connectivity index (χ4v) is 1.81. The first-order valence-electron chi connectivity index (χ1n) is 5.78. The fraction of sp³-hybridized carbons (Fsp3) is 0.538. The molecule has 0 amide bonds. The van der Waals surface area contributed by atoms with Crippen molar-refractivity contribution in [1.29, 1.82) is 0 Å². The van der Waals surface area contributed by atoms with Gasteiger partial charge in [0.05, 0.1) is 0 Å². The lowest BCUT2D eigenvalue weighted by Gasteiger charge is -2.18. The molecule has 0 N–H and O–H groups in total. The zero-order chi connectivity index (χ0) is 12.0. The minimum Gasteiger partial charge on any atom is -0.308 e. The molecule has 3 heteroatoms. The molecule has 0 heterocycles. The van der Waals surface area contributed by atoms with Crippen LogP contribution in [0.1, 0.15) is 18.1 Å². The maximum Gasteiger partial charge on any atom is 0.0339 e. The van der Waals surface area contributed by atoms with E-state index >= 15 is 0 Å². The highest BCUT2D eigenvalue weighted by Gasteiger charge is 2.02. The summed E-state index contributed by atoms with van der Waals surface area (Å²) in [6, 6.07) is 8.73. The van der Waals surface area contributed by atoms with Gasteiger partial charge in [-0.1, -0.05) is 44.0 Å². The second-order valence-corrected chi connectivity index (χ2v) is 4.93. The van der Waals surface area contributed by atoms with E-state index in [0.29, 0.717) is 0 Å². The summed E-state index contributed by atoms with van der Waals surface area (Å²) in [4.78, 5) is 2.17. The molecule has 90 valence electrons. The van der Waals surface area contributed by atoms with Crippen LogP contribution in [0.25, 0.3) is 0 Å². The summed E-state index contributed by atoms with van der Waals surface area (Å²) in [5, 5.41) is 0. The van der Waals surface area contributed by atoms with E-state index in [9.17, 15) is 0 Å². The Balaban J connectivity index is 2.45. The normalized spacial score (nSPS) is 11.4. The van der Waals surface area contributed by atoms with Crippen LogP contribution in [0.5, 0.6) is 0 Å². The number of hydrogen-bond acceptors (Lipinski definition) is 3. The second-order valence-electron chi connectivity index (χ2n) is 4.36. The molecular formula is C13H22N2S. The van der Waals surface area contributed by atoms with Crippen LogP contribution in [-0.4, -0.2) is 36.4 Å². The van der Waals surface area contributed by atoms with Crippen LogP contribution in [0, 0.1) is 0 Å². The summed E-state index contributed by atoms with van der Waals surface area (Å²) in [5.74, 6) is 0. The molecule has 0 radical (unpaired) electrons. The molecule has 0 unspecified atom stereocenters. The van der Waals surface area contributed by atoms with E-state index in [1.165, 1.54) is 11.1 Å². The van der Waals surface area contributed by atoms with Gasteiger partial charge in [-0.3, -0.25) is 0 Å². The van der Waals surface area contributed by atoms with Crippen molar-refractivity contribution in [3.8, 4) is 0 Å². The van der Waals surface area contributed by atoms with Gasteiger partial charge in [0, 0.05) is 19.6 Å². The van der Waals surface area contributed by atoms with Gasteiger partial charge < -0.3 is 4.90 Å². The Hall–Kier alpha value is -0.510. The van der Waals surface area contributed by atoms with E-state index in [4.69, 9.17) is 0 Å². The fourth-order valence-electron chi connectivity index (χ4n) is 1.55. The number of aryl methyl sites for hydroxylation is 1. The van der Waals surface area contributed by atoms with Crippen molar-refractivity contribution in [2.75, 3.05) is 27.2 Å². The van der Waals surface area contributed by atoms with Crippen LogP contribution in [0.15, 0.2) is 24.3 Å². The first kappa shape index (κ1) is 13.6. The molecule has 0 atom stereocenters. The Bertz CT molecular complexity index is 313. The molecule has 0 saturated carbocycles. The first-order valence-corrected chi connectivity index (χ1v) is 6.18. The molecule has 0 fully saturated rings. The van der Waals surface area contributed by atoms with Crippen LogP contribution < -0.4 is 0 Å². The summed E-state index contributed by atoms with van der Waals surface area (Å²) >= 11 is 4.49. The zero-order valence-electron chi connectivity index (χ0n) is 10.5. The van der Waals surface area contributed by atoms with Gasteiger partial charge in [-0.05, 0) is 31.6 Å².